The van der Waals surface area contributed by atoms with Crippen LogP contribution in [0.5, 0.6) is 0 Å². The fraction of sp³-hybridized carbons (Fsp3) is 0.636. The van der Waals surface area contributed by atoms with Crippen LogP contribution >= 0.6 is 43.2 Å². The zero-order valence-corrected chi connectivity index (χ0v) is 12.6. The molecule has 1 aromatic heterocycles. The molecule has 1 heterocycles. The fourth-order valence-electron chi connectivity index (χ4n) is 1.67. The minimum absolute atomic E-state index is 0.416. The molecular weight excluding hydrogens is 324 g/mol. The van der Waals surface area contributed by atoms with Crippen LogP contribution in [0, 0.1) is 5.41 Å². The van der Waals surface area contributed by atoms with Gasteiger partial charge in [-0.2, -0.15) is 0 Å². The van der Waals surface area contributed by atoms with Crippen LogP contribution in [0.2, 0.25) is 0 Å². The molecule has 0 bridgehead atoms. The van der Waals surface area contributed by atoms with Crippen LogP contribution in [0.25, 0.3) is 0 Å². The summed E-state index contributed by atoms with van der Waals surface area (Å²) in [6.07, 6.45) is 3.73. The van der Waals surface area contributed by atoms with Crippen LogP contribution in [0.3, 0.4) is 0 Å². The second-order valence-electron chi connectivity index (χ2n) is 4.10. The van der Waals surface area contributed by atoms with Crippen molar-refractivity contribution in [3.8, 4) is 0 Å². The van der Waals surface area contributed by atoms with E-state index in [0.717, 1.165) is 5.33 Å². The summed E-state index contributed by atoms with van der Waals surface area (Å²) in [5.74, 6) is 0. The Kier molecular flexibility index (Phi) is 5.15. The number of alkyl halides is 1. The first-order chi connectivity index (χ1) is 6.59. The van der Waals surface area contributed by atoms with E-state index in [1.54, 1.807) is 0 Å². The predicted molar refractivity (Wildman–Crippen MR) is 72.5 cm³/mol. The fourth-order valence-corrected chi connectivity index (χ4v) is 3.82. The predicted octanol–water partition coefficient (Wildman–Crippen LogP) is 5.25. The highest BCUT2D eigenvalue weighted by Crippen LogP contribution is 2.33. The maximum atomic E-state index is 3.63. The summed E-state index contributed by atoms with van der Waals surface area (Å²) in [5, 5.41) is 3.25. The average Bonchev–Trinajstić information content (AvgIpc) is 2.51. The Morgan fingerprint density at radius 1 is 1.50 bits per heavy atom. The molecule has 0 radical (unpaired) electrons. The normalized spacial score (nSPS) is 15.4. The molecule has 1 aromatic rings. The first kappa shape index (κ1) is 12.7. The van der Waals surface area contributed by atoms with Gasteiger partial charge in [-0.25, -0.2) is 0 Å². The van der Waals surface area contributed by atoms with Crippen molar-refractivity contribution in [1.82, 2.24) is 0 Å². The molecule has 0 amide bonds. The van der Waals surface area contributed by atoms with Crippen LogP contribution in [-0.2, 0) is 6.42 Å². The quantitative estimate of drug-likeness (QED) is 0.642. The minimum Gasteiger partial charge on any atom is -0.148 e. The summed E-state index contributed by atoms with van der Waals surface area (Å²) in [5.41, 5.74) is 0.416. The zero-order chi connectivity index (χ0) is 10.6. The van der Waals surface area contributed by atoms with E-state index < -0.39 is 0 Å². The van der Waals surface area contributed by atoms with E-state index in [1.807, 2.05) is 11.3 Å². The van der Waals surface area contributed by atoms with E-state index in [1.165, 1.54) is 28.6 Å². The van der Waals surface area contributed by atoms with Crippen LogP contribution in [0.15, 0.2) is 15.9 Å². The smallest absolute Gasteiger partial charge is 0.0285 e. The zero-order valence-electron chi connectivity index (χ0n) is 8.65. The Morgan fingerprint density at radius 3 is 2.64 bits per heavy atom. The van der Waals surface area contributed by atoms with E-state index in [0.29, 0.717) is 5.41 Å². The molecule has 0 aliphatic carbocycles. The van der Waals surface area contributed by atoms with Crippen molar-refractivity contribution in [2.75, 3.05) is 5.33 Å². The summed E-state index contributed by atoms with van der Waals surface area (Å²) >= 11 is 8.98. The van der Waals surface area contributed by atoms with E-state index in [2.05, 4.69) is 57.2 Å². The molecule has 0 aromatic carbocycles. The number of hydrogen-bond acceptors (Lipinski definition) is 1. The second kappa shape index (κ2) is 5.66. The maximum Gasteiger partial charge on any atom is 0.0285 e. The number of hydrogen-bond donors (Lipinski definition) is 0. The standard InChI is InChI=1S/C11H16Br2S/c1-3-4-11(2,8-12)6-10-5-9(13)7-14-10/h5,7H,3-4,6,8H2,1-2H3. The molecule has 0 spiro atoms. The van der Waals surface area contributed by atoms with Gasteiger partial charge in [0.15, 0.2) is 0 Å². The molecule has 0 saturated heterocycles. The van der Waals surface area contributed by atoms with Gasteiger partial charge in [0.2, 0.25) is 0 Å². The monoisotopic (exact) mass is 338 g/mol. The van der Waals surface area contributed by atoms with Gasteiger partial charge in [0.25, 0.3) is 0 Å². The molecule has 3 heteroatoms. The third-order valence-electron chi connectivity index (χ3n) is 2.40. The Balaban J connectivity index is 2.64. The Hall–Kier alpha value is 0.660. The number of thiophene rings is 1. The van der Waals surface area contributed by atoms with Gasteiger partial charge >= 0.3 is 0 Å². The molecule has 80 valence electrons. The molecule has 1 rings (SSSR count). The molecule has 14 heavy (non-hydrogen) atoms. The molecular formula is C11H16Br2S. The van der Waals surface area contributed by atoms with Gasteiger partial charge in [-0.3, -0.25) is 0 Å². The molecule has 0 N–H and O–H groups in total. The van der Waals surface area contributed by atoms with Gasteiger partial charge < -0.3 is 0 Å². The van der Waals surface area contributed by atoms with Crippen molar-refractivity contribution >= 4 is 43.2 Å². The van der Waals surface area contributed by atoms with E-state index in [4.69, 9.17) is 0 Å². The summed E-state index contributed by atoms with van der Waals surface area (Å²) in [4.78, 5) is 1.48. The lowest BCUT2D eigenvalue weighted by molar-refractivity contribution is 0.343. The van der Waals surface area contributed by atoms with Gasteiger partial charge in [0, 0.05) is 20.1 Å². The highest BCUT2D eigenvalue weighted by atomic mass is 79.9. The molecule has 0 fully saturated rings. The van der Waals surface area contributed by atoms with Gasteiger partial charge in [-0.05, 0) is 40.3 Å². The average molecular weight is 340 g/mol. The van der Waals surface area contributed by atoms with Crippen molar-refractivity contribution in [2.24, 2.45) is 5.41 Å². The molecule has 0 aliphatic rings. The Bertz CT molecular complexity index is 283. The Morgan fingerprint density at radius 2 is 2.21 bits per heavy atom. The van der Waals surface area contributed by atoms with Crippen LogP contribution in [0.1, 0.15) is 31.6 Å². The second-order valence-corrected chi connectivity index (χ2v) is 6.57. The molecule has 0 saturated carbocycles. The minimum atomic E-state index is 0.416. The summed E-state index contributed by atoms with van der Waals surface area (Å²) in [7, 11) is 0. The SMILES string of the molecule is CCCC(C)(CBr)Cc1cc(Br)cs1. The largest absolute Gasteiger partial charge is 0.148 e. The third kappa shape index (κ3) is 3.67. The topological polar surface area (TPSA) is 0 Å². The van der Waals surface area contributed by atoms with Crippen LogP contribution in [0.4, 0.5) is 0 Å². The lowest BCUT2D eigenvalue weighted by atomic mass is 9.84. The van der Waals surface area contributed by atoms with Crippen molar-refractivity contribution < 1.29 is 0 Å². The maximum absolute atomic E-state index is 3.63. The van der Waals surface area contributed by atoms with Gasteiger partial charge in [0.1, 0.15) is 0 Å². The summed E-state index contributed by atoms with van der Waals surface area (Å²) < 4.78 is 1.21. The van der Waals surface area contributed by atoms with Gasteiger partial charge in [-0.1, -0.05) is 36.2 Å². The van der Waals surface area contributed by atoms with E-state index in [-0.39, 0.29) is 0 Å². The van der Waals surface area contributed by atoms with Gasteiger partial charge in [-0.15, -0.1) is 11.3 Å². The van der Waals surface area contributed by atoms with Crippen molar-refractivity contribution in [3.63, 3.8) is 0 Å². The summed E-state index contributed by atoms with van der Waals surface area (Å²) in [6, 6.07) is 2.24. The summed E-state index contributed by atoms with van der Waals surface area (Å²) in [6.45, 7) is 4.62. The lowest BCUT2D eigenvalue weighted by Crippen LogP contribution is -2.20. The molecule has 0 nitrogen and oxygen atoms in total. The first-order valence-corrected chi connectivity index (χ1v) is 7.68. The van der Waals surface area contributed by atoms with E-state index in [9.17, 15) is 0 Å². The lowest BCUT2D eigenvalue weighted by Gasteiger charge is -2.26. The molecule has 0 aliphatic heterocycles. The van der Waals surface area contributed by atoms with Gasteiger partial charge in [0.05, 0.1) is 0 Å². The first-order valence-electron chi connectivity index (χ1n) is 4.88. The van der Waals surface area contributed by atoms with Crippen molar-refractivity contribution in [3.05, 3.63) is 20.8 Å². The Labute approximate surface area is 107 Å². The van der Waals surface area contributed by atoms with Crippen LogP contribution < -0.4 is 0 Å². The molecule has 1 atom stereocenters. The highest BCUT2D eigenvalue weighted by molar-refractivity contribution is 9.10. The number of halogens is 2. The molecule has 1 unspecified atom stereocenters. The van der Waals surface area contributed by atoms with E-state index >= 15 is 0 Å². The van der Waals surface area contributed by atoms with Crippen LogP contribution in [-0.4, -0.2) is 5.33 Å². The highest BCUT2D eigenvalue weighted by Gasteiger charge is 2.22. The number of rotatable bonds is 5. The third-order valence-corrected chi connectivity index (χ3v) is 5.45. The van der Waals surface area contributed by atoms with Crippen molar-refractivity contribution in [1.29, 1.82) is 0 Å². The van der Waals surface area contributed by atoms with Crippen molar-refractivity contribution in [2.45, 2.75) is 33.1 Å².